The summed E-state index contributed by atoms with van der Waals surface area (Å²) in [6.45, 7) is 10.3. The summed E-state index contributed by atoms with van der Waals surface area (Å²) in [6, 6.07) is 16.2. The molecule has 0 bridgehead atoms. The quantitative estimate of drug-likeness (QED) is 0.269. The molecule has 35 heavy (non-hydrogen) atoms. The number of hydrogen-bond acceptors (Lipinski definition) is 3. The van der Waals surface area contributed by atoms with Gasteiger partial charge in [0.05, 0.1) is 5.69 Å². The van der Waals surface area contributed by atoms with Gasteiger partial charge in [-0.05, 0) is 111 Å². The van der Waals surface area contributed by atoms with E-state index in [0.717, 1.165) is 41.9 Å². The molecule has 0 aliphatic carbocycles. The van der Waals surface area contributed by atoms with E-state index in [0.29, 0.717) is 5.69 Å². The van der Waals surface area contributed by atoms with Gasteiger partial charge >= 0.3 is 0 Å². The van der Waals surface area contributed by atoms with Crippen LogP contribution < -0.4 is 10.2 Å². The van der Waals surface area contributed by atoms with Crippen LogP contribution in [-0.4, -0.2) is 21.5 Å². The van der Waals surface area contributed by atoms with Crippen LogP contribution in [0.1, 0.15) is 53.4 Å². The lowest BCUT2D eigenvalue weighted by molar-refractivity contribution is -0.122. The minimum atomic E-state index is -0.480. The predicted molar refractivity (Wildman–Crippen MR) is 146 cm³/mol. The summed E-state index contributed by atoms with van der Waals surface area (Å²) in [4.78, 5) is 27.7. The molecule has 0 unspecified atom stereocenters. The number of nitrogens with zero attached hydrogens (tertiary/aromatic N) is 2. The van der Waals surface area contributed by atoms with E-state index in [1.807, 2.05) is 44.2 Å². The zero-order valence-electron chi connectivity index (χ0n) is 20.9. The first-order chi connectivity index (χ1) is 16.7. The van der Waals surface area contributed by atoms with Crippen molar-refractivity contribution in [2.45, 2.75) is 53.9 Å². The Labute approximate surface area is 212 Å². The number of anilines is 1. The Hall–Kier alpha value is -3.51. The van der Waals surface area contributed by atoms with Gasteiger partial charge in [-0.15, -0.1) is 0 Å². The van der Waals surface area contributed by atoms with Crippen LogP contribution in [-0.2, 0) is 16.0 Å². The second kappa shape index (κ2) is 10.0. The molecule has 6 heteroatoms. The number of amides is 2. The maximum absolute atomic E-state index is 13.5. The fraction of sp³-hybridized carbons (Fsp3) is 0.276. The van der Waals surface area contributed by atoms with Gasteiger partial charge in [0, 0.05) is 17.1 Å². The molecule has 1 aromatic heterocycles. The van der Waals surface area contributed by atoms with Crippen LogP contribution in [0.2, 0.25) is 0 Å². The van der Waals surface area contributed by atoms with E-state index in [9.17, 15) is 9.59 Å². The molecule has 1 aliphatic rings. The number of aryl methyl sites for hydroxylation is 4. The maximum Gasteiger partial charge on any atom is 0.270 e. The van der Waals surface area contributed by atoms with E-state index >= 15 is 0 Å². The van der Waals surface area contributed by atoms with Crippen molar-refractivity contribution in [3.63, 3.8) is 0 Å². The van der Waals surface area contributed by atoms with Gasteiger partial charge in [0.1, 0.15) is 5.57 Å². The third-order valence-corrected chi connectivity index (χ3v) is 6.63. The number of carbonyl (C=O) groups is 2. The molecule has 0 radical (unpaired) electrons. The lowest BCUT2D eigenvalue weighted by Gasteiger charge is -2.29. The Balaban J connectivity index is 1.70. The zero-order valence-corrected chi connectivity index (χ0v) is 21.8. The number of benzene rings is 2. The van der Waals surface area contributed by atoms with Gasteiger partial charge in [-0.3, -0.25) is 19.8 Å². The van der Waals surface area contributed by atoms with Crippen LogP contribution in [0.3, 0.4) is 0 Å². The van der Waals surface area contributed by atoms with E-state index in [1.54, 1.807) is 6.08 Å². The average Bonchev–Trinajstić information content (AvgIpc) is 3.08. The van der Waals surface area contributed by atoms with E-state index in [4.69, 9.17) is 12.2 Å². The summed E-state index contributed by atoms with van der Waals surface area (Å²) < 4.78 is 2.15. The second-order valence-electron chi connectivity index (χ2n) is 9.24. The number of hydrogen-bond donors (Lipinski definition) is 1. The van der Waals surface area contributed by atoms with Gasteiger partial charge in [0.15, 0.2) is 5.11 Å². The molecule has 0 saturated carbocycles. The smallest absolute Gasteiger partial charge is 0.270 e. The van der Waals surface area contributed by atoms with Gasteiger partial charge in [-0.2, -0.15) is 0 Å². The summed E-state index contributed by atoms with van der Waals surface area (Å²) in [5.74, 6) is -0.900. The summed E-state index contributed by atoms with van der Waals surface area (Å²) in [5.41, 5.74) is 8.15. The Kier molecular flexibility index (Phi) is 7.03. The fourth-order valence-electron chi connectivity index (χ4n) is 4.65. The van der Waals surface area contributed by atoms with Crippen molar-refractivity contribution in [3.8, 4) is 5.69 Å². The van der Waals surface area contributed by atoms with E-state index in [2.05, 4.69) is 48.9 Å². The van der Waals surface area contributed by atoms with Crippen molar-refractivity contribution in [2.24, 2.45) is 0 Å². The van der Waals surface area contributed by atoms with Crippen molar-refractivity contribution in [3.05, 3.63) is 87.7 Å². The third-order valence-electron chi connectivity index (χ3n) is 6.35. The zero-order chi connectivity index (χ0) is 25.3. The molecule has 2 heterocycles. The largest absolute Gasteiger partial charge is 0.318 e. The molecule has 2 amide bonds. The first kappa shape index (κ1) is 24.6. The number of carbonyl (C=O) groups excluding carboxylic acids is 2. The van der Waals surface area contributed by atoms with Gasteiger partial charge in [0.2, 0.25) is 0 Å². The van der Waals surface area contributed by atoms with Crippen molar-refractivity contribution >= 4 is 40.9 Å². The summed E-state index contributed by atoms with van der Waals surface area (Å²) in [6.07, 6.45) is 4.90. The molecule has 4 rings (SSSR count). The third kappa shape index (κ3) is 4.98. The Bertz CT molecular complexity index is 1330. The van der Waals surface area contributed by atoms with Gasteiger partial charge in [-0.1, -0.05) is 31.5 Å². The fourth-order valence-corrected chi connectivity index (χ4v) is 4.93. The SMILES string of the molecule is CCCCc1ccc(N2C(=O)/C(=C\c3cc(C)n(-c4cc(C)cc(C)c4)c3C)C(=O)NC2=S)cc1. The predicted octanol–water partition coefficient (Wildman–Crippen LogP) is 5.88. The summed E-state index contributed by atoms with van der Waals surface area (Å²) in [7, 11) is 0. The molecule has 1 N–H and O–H groups in total. The van der Waals surface area contributed by atoms with Crippen LogP contribution in [0, 0.1) is 27.7 Å². The Morgan fingerprint density at radius 3 is 2.20 bits per heavy atom. The lowest BCUT2D eigenvalue weighted by atomic mass is 10.1. The molecular weight excluding hydrogens is 454 g/mol. The monoisotopic (exact) mass is 485 g/mol. The highest BCUT2D eigenvalue weighted by molar-refractivity contribution is 7.80. The number of unbranched alkanes of at least 4 members (excludes halogenated alkanes) is 1. The van der Waals surface area contributed by atoms with Crippen LogP contribution in [0.5, 0.6) is 0 Å². The Morgan fingerprint density at radius 1 is 0.914 bits per heavy atom. The second-order valence-corrected chi connectivity index (χ2v) is 9.62. The standard InChI is InChI=1S/C29H31N3O2S/c1-6-7-8-22-9-11-24(12-10-22)32-28(34)26(27(33)30-29(32)35)17-23-16-20(4)31(21(23)5)25-14-18(2)13-19(3)15-25/h9-17H,6-8H2,1-5H3,(H,30,33,35)/b26-17-. The first-order valence-corrected chi connectivity index (χ1v) is 12.4. The lowest BCUT2D eigenvalue weighted by Crippen LogP contribution is -2.54. The topological polar surface area (TPSA) is 54.3 Å². The highest BCUT2D eigenvalue weighted by Gasteiger charge is 2.34. The van der Waals surface area contributed by atoms with Crippen molar-refractivity contribution in [1.29, 1.82) is 0 Å². The molecule has 1 aliphatic heterocycles. The minimum absolute atomic E-state index is 0.0642. The maximum atomic E-state index is 13.5. The van der Waals surface area contributed by atoms with E-state index < -0.39 is 11.8 Å². The molecule has 0 atom stereocenters. The minimum Gasteiger partial charge on any atom is -0.318 e. The Morgan fingerprint density at radius 2 is 1.57 bits per heavy atom. The summed E-state index contributed by atoms with van der Waals surface area (Å²) in [5, 5.41) is 2.78. The van der Waals surface area contributed by atoms with Gasteiger partial charge < -0.3 is 4.57 Å². The number of rotatable bonds is 6. The molecule has 2 aromatic carbocycles. The van der Waals surface area contributed by atoms with Crippen LogP contribution in [0.4, 0.5) is 5.69 Å². The molecule has 180 valence electrons. The number of nitrogens with one attached hydrogen (secondary N) is 1. The highest BCUT2D eigenvalue weighted by atomic mass is 32.1. The van der Waals surface area contributed by atoms with Crippen molar-refractivity contribution < 1.29 is 9.59 Å². The van der Waals surface area contributed by atoms with Crippen LogP contribution in [0.15, 0.2) is 54.1 Å². The molecule has 0 spiro atoms. The molecule has 5 nitrogen and oxygen atoms in total. The molecule has 1 fully saturated rings. The summed E-state index contributed by atoms with van der Waals surface area (Å²) >= 11 is 5.36. The molecule has 1 saturated heterocycles. The van der Waals surface area contributed by atoms with Crippen LogP contribution >= 0.6 is 12.2 Å². The van der Waals surface area contributed by atoms with E-state index in [-0.39, 0.29) is 10.7 Å². The first-order valence-electron chi connectivity index (χ1n) is 12.0. The van der Waals surface area contributed by atoms with Gasteiger partial charge in [0.25, 0.3) is 11.8 Å². The molecular formula is C29H31N3O2S. The van der Waals surface area contributed by atoms with Crippen LogP contribution in [0.25, 0.3) is 11.8 Å². The van der Waals surface area contributed by atoms with Crippen molar-refractivity contribution in [1.82, 2.24) is 9.88 Å². The van der Waals surface area contributed by atoms with Gasteiger partial charge in [-0.25, -0.2) is 0 Å². The number of aromatic nitrogens is 1. The normalized spacial score (nSPS) is 15.2. The molecule has 3 aromatic rings. The highest BCUT2D eigenvalue weighted by Crippen LogP contribution is 2.27. The van der Waals surface area contributed by atoms with E-state index in [1.165, 1.54) is 21.6 Å². The van der Waals surface area contributed by atoms with Crippen molar-refractivity contribution in [2.75, 3.05) is 4.90 Å². The average molecular weight is 486 g/mol. The number of thiocarbonyl (C=S) groups is 1.